The fourth-order valence-electron chi connectivity index (χ4n) is 3.48. The molecule has 1 aliphatic heterocycles. The Bertz CT molecular complexity index is 853. The van der Waals surface area contributed by atoms with Gasteiger partial charge in [-0.3, -0.25) is 9.59 Å². The van der Waals surface area contributed by atoms with Crippen LogP contribution in [0.5, 0.6) is 5.75 Å². The standard InChI is InChI=1S/C22H25FN2O3/c1-4-28-20-10-8-16(9-11-20)15(2)24(3)22(27)17-12-21(26)25(14-17)19-7-5-6-18(23)13-19/h5-11,13,15,17H,4,12,14H2,1-3H3/t15-,17+/m0/s1. The van der Waals surface area contributed by atoms with E-state index in [0.29, 0.717) is 12.3 Å². The zero-order valence-corrected chi connectivity index (χ0v) is 16.4. The lowest BCUT2D eigenvalue weighted by atomic mass is 10.0. The highest BCUT2D eigenvalue weighted by Crippen LogP contribution is 2.29. The van der Waals surface area contributed by atoms with Crippen molar-refractivity contribution in [2.24, 2.45) is 5.92 Å². The van der Waals surface area contributed by atoms with Gasteiger partial charge in [0.05, 0.1) is 18.6 Å². The maximum atomic E-state index is 13.5. The van der Waals surface area contributed by atoms with Gasteiger partial charge >= 0.3 is 0 Å². The van der Waals surface area contributed by atoms with Gasteiger partial charge in [-0.15, -0.1) is 0 Å². The summed E-state index contributed by atoms with van der Waals surface area (Å²) in [7, 11) is 1.75. The van der Waals surface area contributed by atoms with Crippen molar-refractivity contribution in [3.8, 4) is 5.75 Å². The molecule has 2 amide bonds. The molecule has 2 aromatic carbocycles. The second-order valence-corrected chi connectivity index (χ2v) is 7.01. The van der Waals surface area contributed by atoms with Gasteiger partial charge in [0.1, 0.15) is 11.6 Å². The highest BCUT2D eigenvalue weighted by molar-refractivity contribution is 6.00. The maximum absolute atomic E-state index is 13.5. The third-order valence-electron chi connectivity index (χ3n) is 5.20. The predicted molar refractivity (Wildman–Crippen MR) is 106 cm³/mol. The van der Waals surface area contributed by atoms with E-state index in [0.717, 1.165) is 11.3 Å². The summed E-state index contributed by atoms with van der Waals surface area (Å²) in [5.41, 5.74) is 1.48. The normalized spacial score (nSPS) is 17.5. The van der Waals surface area contributed by atoms with E-state index in [1.54, 1.807) is 24.1 Å². The molecule has 0 aromatic heterocycles. The average molecular weight is 384 g/mol. The van der Waals surface area contributed by atoms with E-state index in [2.05, 4.69) is 0 Å². The molecule has 0 unspecified atom stereocenters. The molecule has 2 aromatic rings. The Morgan fingerprint density at radius 3 is 2.64 bits per heavy atom. The summed E-state index contributed by atoms with van der Waals surface area (Å²) in [6.45, 7) is 4.75. The molecule has 3 rings (SSSR count). The Kier molecular flexibility index (Phi) is 5.97. The fraction of sp³-hybridized carbons (Fsp3) is 0.364. The maximum Gasteiger partial charge on any atom is 0.228 e. The Morgan fingerprint density at radius 2 is 2.00 bits per heavy atom. The second-order valence-electron chi connectivity index (χ2n) is 7.01. The van der Waals surface area contributed by atoms with E-state index in [-0.39, 0.29) is 30.8 Å². The number of hydrogen-bond donors (Lipinski definition) is 0. The summed E-state index contributed by atoms with van der Waals surface area (Å²) in [4.78, 5) is 28.5. The Labute approximate surface area is 164 Å². The molecule has 5 nitrogen and oxygen atoms in total. The second kappa shape index (κ2) is 8.42. The number of amides is 2. The zero-order valence-electron chi connectivity index (χ0n) is 16.4. The summed E-state index contributed by atoms with van der Waals surface area (Å²) >= 11 is 0. The number of hydrogen-bond acceptors (Lipinski definition) is 3. The van der Waals surface area contributed by atoms with Crippen LogP contribution >= 0.6 is 0 Å². The minimum atomic E-state index is -0.439. The summed E-state index contributed by atoms with van der Waals surface area (Å²) < 4.78 is 18.9. The minimum Gasteiger partial charge on any atom is -0.494 e. The average Bonchev–Trinajstić information content (AvgIpc) is 3.09. The van der Waals surface area contributed by atoms with Gasteiger partial charge in [0.25, 0.3) is 0 Å². The van der Waals surface area contributed by atoms with Crippen LogP contribution in [0.4, 0.5) is 10.1 Å². The molecule has 0 spiro atoms. The number of carbonyl (C=O) groups excluding carboxylic acids is 2. The summed E-state index contributed by atoms with van der Waals surface area (Å²) in [5, 5.41) is 0. The first-order valence-corrected chi connectivity index (χ1v) is 9.46. The first-order valence-electron chi connectivity index (χ1n) is 9.46. The SMILES string of the molecule is CCOc1ccc([C@H](C)N(C)C(=O)[C@@H]2CC(=O)N(c3cccc(F)c3)C2)cc1. The molecule has 0 radical (unpaired) electrons. The molecular formula is C22H25FN2O3. The molecule has 6 heteroatoms. The van der Waals surface area contributed by atoms with Crippen molar-refractivity contribution < 1.29 is 18.7 Å². The van der Waals surface area contributed by atoms with E-state index < -0.39 is 11.7 Å². The minimum absolute atomic E-state index is 0.0892. The monoisotopic (exact) mass is 384 g/mol. The third-order valence-corrected chi connectivity index (χ3v) is 5.20. The van der Waals surface area contributed by atoms with E-state index in [1.807, 2.05) is 38.1 Å². The van der Waals surface area contributed by atoms with E-state index in [9.17, 15) is 14.0 Å². The topological polar surface area (TPSA) is 49.9 Å². The lowest BCUT2D eigenvalue weighted by molar-refractivity contribution is -0.136. The molecule has 2 atom stereocenters. The molecule has 148 valence electrons. The van der Waals surface area contributed by atoms with Crippen LogP contribution in [0.1, 0.15) is 31.9 Å². The largest absolute Gasteiger partial charge is 0.494 e. The summed E-state index contributed by atoms with van der Waals surface area (Å²) in [6, 6.07) is 13.4. The first kappa shape index (κ1) is 19.9. The van der Waals surface area contributed by atoms with Crippen molar-refractivity contribution in [3.63, 3.8) is 0 Å². The van der Waals surface area contributed by atoms with Gasteiger partial charge in [-0.25, -0.2) is 4.39 Å². The molecular weight excluding hydrogens is 359 g/mol. The highest BCUT2D eigenvalue weighted by Gasteiger charge is 2.37. The highest BCUT2D eigenvalue weighted by atomic mass is 19.1. The van der Waals surface area contributed by atoms with E-state index in [1.165, 1.54) is 17.0 Å². The van der Waals surface area contributed by atoms with Crippen LogP contribution in [0, 0.1) is 11.7 Å². The molecule has 0 N–H and O–H groups in total. The van der Waals surface area contributed by atoms with Crippen LogP contribution in [-0.2, 0) is 9.59 Å². The molecule has 1 aliphatic rings. The number of nitrogens with zero attached hydrogens (tertiary/aromatic N) is 2. The number of ether oxygens (including phenoxy) is 1. The third kappa shape index (κ3) is 4.16. The van der Waals surface area contributed by atoms with Gasteiger partial charge in [0.15, 0.2) is 0 Å². The molecule has 0 saturated carbocycles. The Hall–Kier alpha value is -2.89. The van der Waals surface area contributed by atoms with Gasteiger partial charge in [0.2, 0.25) is 11.8 Å². The quantitative estimate of drug-likeness (QED) is 0.761. The van der Waals surface area contributed by atoms with Crippen LogP contribution in [0.25, 0.3) is 0 Å². The van der Waals surface area contributed by atoms with Gasteiger partial charge in [-0.05, 0) is 49.7 Å². The molecule has 1 fully saturated rings. The molecule has 1 saturated heterocycles. The lowest BCUT2D eigenvalue weighted by Crippen LogP contribution is -2.36. The van der Waals surface area contributed by atoms with Crippen LogP contribution in [-0.4, -0.2) is 36.9 Å². The van der Waals surface area contributed by atoms with Gasteiger partial charge < -0.3 is 14.5 Å². The van der Waals surface area contributed by atoms with Crippen LogP contribution in [0.15, 0.2) is 48.5 Å². The van der Waals surface area contributed by atoms with Gasteiger partial charge in [-0.1, -0.05) is 18.2 Å². The molecule has 1 heterocycles. The molecule has 28 heavy (non-hydrogen) atoms. The number of halogens is 1. The lowest BCUT2D eigenvalue weighted by Gasteiger charge is -2.28. The van der Waals surface area contributed by atoms with Crippen molar-refractivity contribution in [2.45, 2.75) is 26.3 Å². The van der Waals surface area contributed by atoms with Crippen LogP contribution < -0.4 is 9.64 Å². The number of benzene rings is 2. The van der Waals surface area contributed by atoms with Crippen molar-refractivity contribution >= 4 is 17.5 Å². The molecule has 0 aliphatic carbocycles. The Balaban J connectivity index is 1.68. The number of anilines is 1. The van der Waals surface area contributed by atoms with E-state index >= 15 is 0 Å². The van der Waals surface area contributed by atoms with Crippen molar-refractivity contribution in [1.29, 1.82) is 0 Å². The van der Waals surface area contributed by atoms with Crippen molar-refractivity contribution in [3.05, 3.63) is 59.9 Å². The zero-order chi connectivity index (χ0) is 20.3. The fourth-order valence-corrected chi connectivity index (χ4v) is 3.48. The summed E-state index contributed by atoms with van der Waals surface area (Å²) in [5.74, 6) is -0.300. The summed E-state index contributed by atoms with van der Waals surface area (Å²) in [6.07, 6.45) is 0.135. The van der Waals surface area contributed by atoms with Gasteiger partial charge in [-0.2, -0.15) is 0 Å². The first-order chi connectivity index (χ1) is 13.4. The number of rotatable bonds is 6. The van der Waals surface area contributed by atoms with Crippen molar-refractivity contribution in [2.75, 3.05) is 25.1 Å². The Morgan fingerprint density at radius 1 is 1.29 bits per heavy atom. The molecule has 0 bridgehead atoms. The van der Waals surface area contributed by atoms with Crippen LogP contribution in [0.3, 0.4) is 0 Å². The van der Waals surface area contributed by atoms with Crippen LogP contribution in [0.2, 0.25) is 0 Å². The van der Waals surface area contributed by atoms with Crippen molar-refractivity contribution in [1.82, 2.24) is 4.90 Å². The predicted octanol–water partition coefficient (Wildman–Crippen LogP) is 3.80. The van der Waals surface area contributed by atoms with E-state index in [4.69, 9.17) is 4.74 Å². The smallest absolute Gasteiger partial charge is 0.228 e. The number of carbonyl (C=O) groups is 2. The van der Waals surface area contributed by atoms with Gasteiger partial charge in [0, 0.05) is 25.7 Å².